The number of aromatic nitrogens is 3. The lowest BCUT2D eigenvalue weighted by Gasteiger charge is -2.07. The van der Waals surface area contributed by atoms with Crippen molar-refractivity contribution in [2.45, 2.75) is 0 Å². The van der Waals surface area contributed by atoms with Gasteiger partial charge in [0.25, 0.3) is 11.5 Å². The first-order chi connectivity index (χ1) is 9.49. The maximum Gasteiger partial charge on any atom is 0.337 e. The highest BCUT2D eigenvalue weighted by Gasteiger charge is 2.14. The molecular weight excluding hydrogens is 264 g/mol. The number of carbonyl (C=O) groups is 2. The van der Waals surface area contributed by atoms with Crippen molar-refractivity contribution in [2.75, 3.05) is 5.32 Å². The van der Waals surface area contributed by atoms with Crippen molar-refractivity contribution in [3.63, 3.8) is 0 Å². The lowest BCUT2D eigenvalue weighted by atomic mass is 10.2. The molecule has 0 bridgehead atoms. The number of hydrogen-bond acceptors (Lipinski definition) is 5. The van der Waals surface area contributed by atoms with Gasteiger partial charge in [0, 0.05) is 19.3 Å². The van der Waals surface area contributed by atoms with Crippen LogP contribution in [0.4, 0.5) is 5.69 Å². The number of aromatic carboxylic acids is 1. The lowest BCUT2D eigenvalue weighted by molar-refractivity contribution is 0.0698. The van der Waals surface area contributed by atoms with Crippen molar-refractivity contribution in [3.8, 4) is 0 Å². The van der Waals surface area contributed by atoms with Crippen molar-refractivity contribution < 1.29 is 14.7 Å². The maximum atomic E-state index is 11.9. The first-order valence-corrected chi connectivity index (χ1v) is 5.52. The van der Waals surface area contributed by atoms with E-state index in [1.54, 1.807) is 0 Å². The van der Waals surface area contributed by atoms with Crippen LogP contribution < -0.4 is 10.9 Å². The van der Waals surface area contributed by atoms with Gasteiger partial charge in [-0.1, -0.05) is 0 Å². The molecule has 0 aliphatic carbocycles. The maximum absolute atomic E-state index is 11.9. The lowest BCUT2D eigenvalue weighted by Crippen LogP contribution is -2.24. The van der Waals surface area contributed by atoms with Crippen LogP contribution in [0.2, 0.25) is 0 Å². The summed E-state index contributed by atoms with van der Waals surface area (Å²) in [6, 6.07) is 3.73. The molecule has 0 unspecified atom stereocenters. The number of aryl methyl sites for hydroxylation is 1. The second-order valence-corrected chi connectivity index (χ2v) is 3.86. The third-order valence-electron chi connectivity index (χ3n) is 2.49. The topological polar surface area (TPSA) is 114 Å². The zero-order valence-corrected chi connectivity index (χ0v) is 10.4. The van der Waals surface area contributed by atoms with Gasteiger partial charge in [-0.2, -0.15) is 5.10 Å². The van der Waals surface area contributed by atoms with E-state index in [-0.39, 0.29) is 22.5 Å². The molecule has 2 N–H and O–H groups in total. The number of carboxylic acid groups (broad SMARTS) is 1. The van der Waals surface area contributed by atoms with Gasteiger partial charge in [0.1, 0.15) is 5.69 Å². The number of rotatable bonds is 3. The van der Waals surface area contributed by atoms with Crippen LogP contribution in [0.25, 0.3) is 0 Å². The zero-order valence-electron chi connectivity index (χ0n) is 10.4. The van der Waals surface area contributed by atoms with Crippen molar-refractivity contribution in [3.05, 3.63) is 52.2 Å². The van der Waals surface area contributed by atoms with Gasteiger partial charge in [-0.3, -0.25) is 14.6 Å². The number of nitrogens with one attached hydrogen (secondary N) is 1. The molecule has 1 amide bonds. The third kappa shape index (κ3) is 2.69. The molecule has 0 spiro atoms. The quantitative estimate of drug-likeness (QED) is 0.822. The molecule has 0 saturated carbocycles. The molecule has 2 rings (SSSR count). The van der Waals surface area contributed by atoms with Crippen LogP contribution in [0.5, 0.6) is 0 Å². The summed E-state index contributed by atoms with van der Waals surface area (Å²) in [5.41, 5.74) is -0.389. The summed E-state index contributed by atoms with van der Waals surface area (Å²) in [5.74, 6) is -1.81. The second-order valence-electron chi connectivity index (χ2n) is 3.86. The van der Waals surface area contributed by atoms with Gasteiger partial charge >= 0.3 is 5.97 Å². The van der Waals surface area contributed by atoms with Gasteiger partial charge in [-0.15, -0.1) is 0 Å². The van der Waals surface area contributed by atoms with Crippen LogP contribution in [0.3, 0.4) is 0 Å². The summed E-state index contributed by atoms with van der Waals surface area (Å²) in [6.45, 7) is 0. The highest BCUT2D eigenvalue weighted by molar-refractivity contribution is 6.06. The minimum atomic E-state index is -1.18. The van der Waals surface area contributed by atoms with Gasteiger partial charge in [0.05, 0.1) is 17.4 Å². The summed E-state index contributed by atoms with van der Waals surface area (Å²) in [5, 5.41) is 15.2. The van der Waals surface area contributed by atoms with Gasteiger partial charge in [0.2, 0.25) is 0 Å². The Kier molecular flexibility index (Phi) is 3.56. The average Bonchev–Trinajstić information content (AvgIpc) is 2.42. The molecule has 2 aromatic rings. The predicted octanol–water partition coefficient (Wildman–Crippen LogP) is 0.126. The molecule has 0 aliphatic rings. The van der Waals surface area contributed by atoms with E-state index < -0.39 is 11.9 Å². The Bertz CT molecular complexity index is 738. The summed E-state index contributed by atoms with van der Waals surface area (Å²) in [4.78, 5) is 37.9. The van der Waals surface area contributed by atoms with Crippen LogP contribution in [0.1, 0.15) is 20.8 Å². The first-order valence-electron chi connectivity index (χ1n) is 5.52. The SMILES string of the molecule is Cn1nc(C(=O)Nc2cnccc2C(=O)O)ccc1=O. The number of anilines is 1. The van der Waals surface area contributed by atoms with E-state index >= 15 is 0 Å². The fourth-order valence-corrected chi connectivity index (χ4v) is 1.49. The van der Waals surface area contributed by atoms with Gasteiger partial charge in [-0.05, 0) is 12.1 Å². The van der Waals surface area contributed by atoms with E-state index in [9.17, 15) is 14.4 Å². The molecule has 0 aliphatic heterocycles. The number of hydrogen-bond donors (Lipinski definition) is 2. The van der Waals surface area contributed by atoms with Crippen molar-refractivity contribution >= 4 is 17.6 Å². The molecule has 0 atom stereocenters. The summed E-state index contributed by atoms with van der Waals surface area (Å²) in [7, 11) is 1.41. The molecule has 8 nitrogen and oxygen atoms in total. The normalized spacial score (nSPS) is 10.1. The predicted molar refractivity (Wildman–Crippen MR) is 68.6 cm³/mol. The monoisotopic (exact) mass is 274 g/mol. The number of carbonyl (C=O) groups excluding carboxylic acids is 1. The Labute approximate surface area is 112 Å². The highest BCUT2D eigenvalue weighted by Crippen LogP contribution is 2.13. The molecule has 8 heteroatoms. The van der Waals surface area contributed by atoms with E-state index in [1.807, 2.05) is 0 Å². The van der Waals surface area contributed by atoms with Gasteiger partial charge in [0.15, 0.2) is 0 Å². The van der Waals surface area contributed by atoms with Crippen LogP contribution >= 0.6 is 0 Å². The molecule has 0 fully saturated rings. The molecule has 102 valence electrons. The molecular formula is C12H10N4O4. The number of pyridine rings is 1. The molecule has 2 heterocycles. The minimum absolute atomic E-state index is 0.00714. The average molecular weight is 274 g/mol. The summed E-state index contributed by atoms with van der Waals surface area (Å²) in [6.07, 6.45) is 2.53. The van der Waals surface area contributed by atoms with Crippen molar-refractivity contribution in [1.82, 2.24) is 14.8 Å². The molecule has 0 aromatic carbocycles. The van der Waals surface area contributed by atoms with Gasteiger partial charge < -0.3 is 10.4 Å². The van der Waals surface area contributed by atoms with Crippen molar-refractivity contribution in [2.24, 2.45) is 7.05 Å². The van der Waals surface area contributed by atoms with Crippen molar-refractivity contribution in [1.29, 1.82) is 0 Å². The fraction of sp³-hybridized carbons (Fsp3) is 0.0833. The number of carboxylic acids is 1. The van der Waals surface area contributed by atoms with E-state index in [4.69, 9.17) is 5.11 Å². The standard InChI is InChI=1S/C12H10N4O4/c1-16-10(17)3-2-8(15-16)11(18)14-9-6-13-5-4-7(9)12(19)20/h2-6H,1H3,(H,14,18)(H,19,20). The van der Waals surface area contributed by atoms with Crippen LogP contribution in [0.15, 0.2) is 35.4 Å². The highest BCUT2D eigenvalue weighted by atomic mass is 16.4. The number of amides is 1. The van der Waals surface area contributed by atoms with E-state index in [1.165, 1.54) is 37.6 Å². The number of nitrogens with zero attached hydrogens (tertiary/aromatic N) is 3. The largest absolute Gasteiger partial charge is 0.478 e. The Balaban J connectivity index is 2.30. The van der Waals surface area contributed by atoms with Gasteiger partial charge in [-0.25, -0.2) is 9.48 Å². The van der Waals surface area contributed by atoms with E-state index in [0.717, 1.165) is 4.68 Å². The molecule has 0 saturated heterocycles. The Morgan fingerprint density at radius 1 is 1.30 bits per heavy atom. The summed E-state index contributed by atoms with van der Waals surface area (Å²) >= 11 is 0. The minimum Gasteiger partial charge on any atom is -0.478 e. The third-order valence-corrected chi connectivity index (χ3v) is 2.49. The van der Waals surface area contributed by atoms with Crippen LogP contribution in [-0.4, -0.2) is 31.7 Å². The summed E-state index contributed by atoms with van der Waals surface area (Å²) < 4.78 is 1.01. The fourth-order valence-electron chi connectivity index (χ4n) is 1.49. The Morgan fingerprint density at radius 2 is 2.05 bits per heavy atom. The Morgan fingerprint density at radius 3 is 2.70 bits per heavy atom. The van der Waals surface area contributed by atoms with E-state index in [2.05, 4.69) is 15.4 Å². The smallest absolute Gasteiger partial charge is 0.337 e. The molecule has 2 aromatic heterocycles. The van der Waals surface area contributed by atoms with E-state index in [0.29, 0.717) is 0 Å². The first kappa shape index (κ1) is 13.4. The Hall–Kier alpha value is -3.03. The molecule has 20 heavy (non-hydrogen) atoms. The second kappa shape index (κ2) is 5.31. The molecule has 0 radical (unpaired) electrons. The zero-order chi connectivity index (χ0) is 14.7. The van der Waals surface area contributed by atoms with Crippen LogP contribution in [0, 0.1) is 0 Å². The van der Waals surface area contributed by atoms with Crippen LogP contribution in [-0.2, 0) is 7.05 Å².